The van der Waals surface area contributed by atoms with E-state index in [-0.39, 0.29) is 0 Å². The first kappa shape index (κ1) is 22.3. The van der Waals surface area contributed by atoms with Crippen molar-refractivity contribution in [2.45, 2.75) is 65.2 Å². The van der Waals surface area contributed by atoms with Gasteiger partial charge in [0, 0.05) is 11.1 Å². The maximum Gasteiger partial charge on any atom is 0.119 e. The van der Waals surface area contributed by atoms with E-state index in [1.165, 1.54) is 51.4 Å². The van der Waals surface area contributed by atoms with E-state index in [0.717, 1.165) is 35.2 Å². The number of hydrogen-bond donors (Lipinski definition) is 0. The standard InChI is InChI=1S/C28H36O2/c1-3-5-6-7-23-10-12-26(13-11-23)22-30-28-20-16-25(17-21-28)9-8-24-14-18-27(19-15-24)29-4-2/h14-21,23,26H,3-7,10-13,22H2,1-2H3/t23-,26-. The Bertz CT molecular complexity index is 787. The summed E-state index contributed by atoms with van der Waals surface area (Å²) in [6.45, 7) is 5.80. The zero-order chi connectivity index (χ0) is 21.0. The molecule has 0 spiro atoms. The highest BCUT2D eigenvalue weighted by Crippen LogP contribution is 2.32. The molecule has 3 rings (SSSR count). The van der Waals surface area contributed by atoms with Crippen molar-refractivity contribution in [1.29, 1.82) is 0 Å². The summed E-state index contributed by atoms with van der Waals surface area (Å²) in [6.07, 6.45) is 11.0. The summed E-state index contributed by atoms with van der Waals surface area (Å²) in [4.78, 5) is 0. The van der Waals surface area contributed by atoms with Crippen LogP contribution < -0.4 is 9.47 Å². The molecule has 0 aliphatic heterocycles. The maximum absolute atomic E-state index is 6.07. The van der Waals surface area contributed by atoms with Crippen molar-refractivity contribution in [3.8, 4) is 23.3 Å². The van der Waals surface area contributed by atoms with Crippen LogP contribution in [0.2, 0.25) is 0 Å². The average Bonchev–Trinajstić information content (AvgIpc) is 2.79. The van der Waals surface area contributed by atoms with Gasteiger partial charge >= 0.3 is 0 Å². The van der Waals surface area contributed by atoms with Gasteiger partial charge < -0.3 is 9.47 Å². The van der Waals surface area contributed by atoms with Gasteiger partial charge in [-0.15, -0.1) is 0 Å². The molecule has 160 valence electrons. The van der Waals surface area contributed by atoms with Gasteiger partial charge in [-0.05, 0) is 80.1 Å². The van der Waals surface area contributed by atoms with Crippen LogP contribution in [-0.2, 0) is 0 Å². The lowest BCUT2D eigenvalue weighted by atomic mass is 9.80. The lowest BCUT2D eigenvalue weighted by molar-refractivity contribution is 0.177. The monoisotopic (exact) mass is 404 g/mol. The summed E-state index contributed by atoms with van der Waals surface area (Å²) in [6, 6.07) is 16.1. The lowest BCUT2D eigenvalue weighted by Crippen LogP contribution is -2.20. The van der Waals surface area contributed by atoms with E-state index in [0.29, 0.717) is 12.5 Å². The summed E-state index contributed by atoms with van der Waals surface area (Å²) in [7, 11) is 0. The molecule has 1 saturated carbocycles. The number of rotatable bonds is 9. The van der Waals surface area contributed by atoms with Gasteiger partial charge in [0.15, 0.2) is 0 Å². The van der Waals surface area contributed by atoms with Gasteiger partial charge in [0.2, 0.25) is 0 Å². The highest BCUT2D eigenvalue weighted by Gasteiger charge is 2.21. The normalized spacial score (nSPS) is 18.3. The first-order chi connectivity index (χ1) is 14.8. The Hall–Kier alpha value is -2.40. The molecule has 2 aromatic carbocycles. The molecular weight excluding hydrogens is 368 g/mol. The molecule has 1 aliphatic carbocycles. The smallest absolute Gasteiger partial charge is 0.119 e. The van der Waals surface area contributed by atoms with Crippen LogP contribution in [-0.4, -0.2) is 13.2 Å². The lowest BCUT2D eigenvalue weighted by Gasteiger charge is -2.28. The summed E-state index contributed by atoms with van der Waals surface area (Å²) >= 11 is 0. The first-order valence-electron chi connectivity index (χ1n) is 11.7. The fourth-order valence-corrected chi connectivity index (χ4v) is 4.16. The molecule has 0 N–H and O–H groups in total. The Balaban J connectivity index is 1.41. The Labute approximate surface area is 183 Å². The van der Waals surface area contributed by atoms with E-state index in [1.807, 2.05) is 55.5 Å². The molecule has 0 aromatic heterocycles. The van der Waals surface area contributed by atoms with Crippen LogP contribution in [0.5, 0.6) is 11.5 Å². The molecule has 30 heavy (non-hydrogen) atoms. The zero-order valence-electron chi connectivity index (χ0n) is 18.7. The Kier molecular flexibility index (Phi) is 9.16. The molecule has 0 radical (unpaired) electrons. The van der Waals surface area contributed by atoms with Crippen molar-refractivity contribution in [2.75, 3.05) is 13.2 Å². The molecular formula is C28H36O2. The predicted molar refractivity (Wildman–Crippen MR) is 125 cm³/mol. The SMILES string of the molecule is CCCCC[C@H]1CC[C@H](COc2ccc(C#Cc3ccc(OCC)cc3)cc2)CC1. The van der Waals surface area contributed by atoms with E-state index in [9.17, 15) is 0 Å². The van der Waals surface area contributed by atoms with Crippen molar-refractivity contribution in [1.82, 2.24) is 0 Å². The molecule has 0 amide bonds. The third kappa shape index (κ3) is 7.45. The van der Waals surface area contributed by atoms with E-state index in [1.54, 1.807) is 0 Å². The van der Waals surface area contributed by atoms with Gasteiger partial charge in [-0.1, -0.05) is 57.3 Å². The number of benzene rings is 2. The largest absolute Gasteiger partial charge is 0.494 e. The predicted octanol–water partition coefficient (Wildman–Crippen LogP) is 7.25. The second-order valence-corrected chi connectivity index (χ2v) is 8.43. The third-order valence-electron chi connectivity index (χ3n) is 6.04. The summed E-state index contributed by atoms with van der Waals surface area (Å²) in [5.41, 5.74) is 1.99. The van der Waals surface area contributed by atoms with Crippen molar-refractivity contribution >= 4 is 0 Å². The van der Waals surface area contributed by atoms with Crippen LogP contribution >= 0.6 is 0 Å². The van der Waals surface area contributed by atoms with Crippen LogP contribution in [0.1, 0.15) is 76.3 Å². The minimum atomic E-state index is 0.680. The second-order valence-electron chi connectivity index (χ2n) is 8.43. The molecule has 0 saturated heterocycles. The molecule has 2 aromatic rings. The molecule has 0 atom stereocenters. The highest BCUT2D eigenvalue weighted by atomic mass is 16.5. The van der Waals surface area contributed by atoms with Gasteiger partial charge in [0.25, 0.3) is 0 Å². The summed E-state index contributed by atoms with van der Waals surface area (Å²) in [5, 5.41) is 0. The molecule has 0 unspecified atom stereocenters. The molecule has 0 heterocycles. The highest BCUT2D eigenvalue weighted by molar-refractivity contribution is 5.45. The minimum Gasteiger partial charge on any atom is -0.494 e. The van der Waals surface area contributed by atoms with Crippen molar-refractivity contribution in [3.05, 3.63) is 59.7 Å². The van der Waals surface area contributed by atoms with Gasteiger partial charge in [-0.25, -0.2) is 0 Å². The van der Waals surface area contributed by atoms with E-state index in [2.05, 4.69) is 18.8 Å². The molecule has 2 heteroatoms. The van der Waals surface area contributed by atoms with Gasteiger partial charge in [0.05, 0.1) is 13.2 Å². The van der Waals surface area contributed by atoms with Crippen LogP contribution in [0.15, 0.2) is 48.5 Å². The third-order valence-corrected chi connectivity index (χ3v) is 6.04. The number of ether oxygens (including phenoxy) is 2. The summed E-state index contributed by atoms with van der Waals surface area (Å²) < 4.78 is 11.5. The zero-order valence-corrected chi connectivity index (χ0v) is 18.7. The van der Waals surface area contributed by atoms with Crippen molar-refractivity contribution in [3.63, 3.8) is 0 Å². The second kappa shape index (κ2) is 12.3. The first-order valence-corrected chi connectivity index (χ1v) is 11.7. The fraction of sp³-hybridized carbons (Fsp3) is 0.500. The van der Waals surface area contributed by atoms with Crippen molar-refractivity contribution < 1.29 is 9.47 Å². The van der Waals surface area contributed by atoms with Crippen molar-refractivity contribution in [2.24, 2.45) is 11.8 Å². The van der Waals surface area contributed by atoms with E-state index < -0.39 is 0 Å². The Morgan fingerprint density at radius 1 is 0.700 bits per heavy atom. The minimum absolute atomic E-state index is 0.680. The van der Waals surface area contributed by atoms with E-state index in [4.69, 9.17) is 9.47 Å². The van der Waals surface area contributed by atoms with Gasteiger partial charge in [-0.2, -0.15) is 0 Å². The molecule has 1 fully saturated rings. The fourth-order valence-electron chi connectivity index (χ4n) is 4.16. The average molecular weight is 405 g/mol. The maximum atomic E-state index is 6.07. The van der Waals surface area contributed by atoms with Crippen LogP contribution in [0.25, 0.3) is 0 Å². The number of hydrogen-bond acceptors (Lipinski definition) is 2. The Morgan fingerprint density at radius 3 is 1.77 bits per heavy atom. The number of unbranched alkanes of at least 4 members (excludes halogenated alkanes) is 2. The summed E-state index contributed by atoms with van der Waals surface area (Å²) in [5.74, 6) is 9.94. The quantitative estimate of drug-likeness (QED) is 0.324. The van der Waals surface area contributed by atoms with Crippen LogP contribution in [0.3, 0.4) is 0 Å². The van der Waals surface area contributed by atoms with E-state index >= 15 is 0 Å². The van der Waals surface area contributed by atoms with Crippen LogP contribution in [0.4, 0.5) is 0 Å². The topological polar surface area (TPSA) is 18.5 Å². The van der Waals surface area contributed by atoms with Crippen LogP contribution in [0, 0.1) is 23.7 Å². The molecule has 0 bridgehead atoms. The molecule has 2 nitrogen and oxygen atoms in total. The Morgan fingerprint density at radius 2 is 1.23 bits per heavy atom. The van der Waals surface area contributed by atoms with Gasteiger partial charge in [0.1, 0.15) is 11.5 Å². The van der Waals surface area contributed by atoms with Gasteiger partial charge in [-0.3, -0.25) is 0 Å². The molecule has 1 aliphatic rings.